The Balaban J connectivity index is 1.01. The van der Waals surface area contributed by atoms with Gasteiger partial charge in [-0.15, -0.1) is 0 Å². The molecule has 0 aromatic carbocycles. The molecule has 52 heavy (non-hydrogen) atoms. The lowest BCUT2D eigenvalue weighted by Gasteiger charge is -2.62. The summed E-state index contributed by atoms with van der Waals surface area (Å²) < 4.78 is 126. The van der Waals surface area contributed by atoms with Gasteiger partial charge in [0.05, 0.1) is 13.2 Å². The lowest BCUT2D eigenvalue weighted by atomic mass is 9.57. The molecule has 8 saturated heterocycles. The van der Waals surface area contributed by atoms with Gasteiger partial charge in [-0.3, -0.25) is 0 Å². The molecule has 10 aliphatic rings. The van der Waals surface area contributed by atoms with E-state index in [2.05, 4.69) is 13.8 Å². The van der Waals surface area contributed by atoms with Crippen LogP contribution in [-0.2, 0) is 48.0 Å². The molecule has 16 atom stereocenters. The summed E-state index contributed by atoms with van der Waals surface area (Å²) in [5.74, 6) is -12.6. The Bertz CT molecular complexity index is 1310. The number of fused-ring (bicyclic) bond motifs is 4. The molecule has 0 aromatic rings. The number of halogens is 6. The highest BCUT2D eigenvalue weighted by molar-refractivity contribution is 5.14. The van der Waals surface area contributed by atoms with Gasteiger partial charge in [0.15, 0.2) is 23.8 Å². The van der Waals surface area contributed by atoms with Gasteiger partial charge >= 0.3 is 12.4 Å². The lowest BCUT2D eigenvalue weighted by Crippen LogP contribution is -2.76. The van der Waals surface area contributed by atoms with Crippen LogP contribution in [0.5, 0.6) is 0 Å². The van der Waals surface area contributed by atoms with Crippen LogP contribution in [0.3, 0.4) is 0 Å². The van der Waals surface area contributed by atoms with E-state index < -0.39 is 96.2 Å². The van der Waals surface area contributed by atoms with Crippen LogP contribution in [0.2, 0.25) is 0 Å². The van der Waals surface area contributed by atoms with Gasteiger partial charge in [0.2, 0.25) is 11.6 Å². The molecule has 4 bridgehead atoms. The quantitative estimate of drug-likeness (QED) is 0.152. The summed E-state index contributed by atoms with van der Waals surface area (Å²) in [6, 6.07) is 0. The molecular formula is C36H50F6O10. The topological polar surface area (TPSA) is 92.3 Å². The second kappa shape index (κ2) is 12.2. The molecule has 0 amide bonds. The van der Waals surface area contributed by atoms with Gasteiger partial charge < -0.3 is 28.4 Å². The first-order chi connectivity index (χ1) is 24.3. The van der Waals surface area contributed by atoms with Crippen molar-refractivity contribution in [3.05, 3.63) is 12.2 Å². The standard InChI is InChI=1S/C36H50F6O10/c1-19-9-11-25-21(3)33(35(37,38)39,47-27-31(25)23(19)13-15-29(5,45-27)49-51-31)43-17-7-8-18-44-34(36(40,41)42)22(4)26-12-10-20(2)24-14-16-30(6)46-28(48-34)32(24,26)52-50-30/h7-8,19-28H,9-18H2,1-6H3/b8-7+/t19-,20-,21-,22-,23+,24?,25+,26+,27+,28+,29+,30+,31-,32-,33-,34-/m1/s1. The fraction of sp³-hybridized carbons (Fsp3) is 0.944. The third-order valence-electron chi connectivity index (χ3n) is 14.3. The van der Waals surface area contributed by atoms with Crippen LogP contribution in [0.1, 0.15) is 92.9 Å². The van der Waals surface area contributed by atoms with Crippen LogP contribution in [-0.4, -0.2) is 72.5 Å². The number of ether oxygens (including phenoxy) is 6. The Morgan fingerprint density at radius 2 is 0.923 bits per heavy atom. The summed E-state index contributed by atoms with van der Waals surface area (Å²) >= 11 is 0. The van der Waals surface area contributed by atoms with Crippen LogP contribution in [0.15, 0.2) is 12.2 Å². The Kier molecular flexibility index (Phi) is 8.88. The third-order valence-corrected chi connectivity index (χ3v) is 14.3. The number of rotatable bonds is 6. The second-order valence-electron chi connectivity index (χ2n) is 17.1. The van der Waals surface area contributed by atoms with Crippen molar-refractivity contribution in [2.24, 2.45) is 47.3 Å². The molecule has 16 heteroatoms. The average Bonchev–Trinajstić information content (AvgIpc) is 3.43. The van der Waals surface area contributed by atoms with Gasteiger partial charge in [0.1, 0.15) is 0 Å². The van der Waals surface area contributed by atoms with Gasteiger partial charge in [0, 0.05) is 36.5 Å². The predicted molar refractivity (Wildman–Crippen MR) is 165 cm³/mol. The summed E-state index contributed by atoms with van der Waals surface area (Å²) in [5.41, 5.74) is -2.50. The van der Waals surface area contributed by atoms with Gasteiger partial charge in [-0.25, -0.2) is 19.6 Å². The Hall–Kier alpha value is -1.08. The lowest BCUT2D eigenvalue weighted by molar-refractivity contribution is -0.598. The zero-order valence-electron chi connectivity index (χ0n) is 30.3. The molecule has 10 fully saturated rings. The highest BCUT2D eigenvalue weighted by Gasteiger charge is 2.79. The fourth-order valence-electron chi connectivity index (χ4n) is 11.5. The van der Waals surface area contributed by atoms with Crippen molar-refractivity contribution in [2.75, 3.05) is 13.2 Å². The Labute approximate surface area is 299 Å². The van der Waals surface area contributed by atoms with E-state index in [1.54, 1.807) is 13.8 Å². The molecule has 8 aliphatic heterocycles. The minimum absolute atomic E-state index is 0.141. The summed E-state index contributed by atoms with van der Waals surface area (Å²) in [6.45, 7) is 8.93. The van der Waals surface area contributed by atoms with Crippen LogP contribution >= 0.6 is 0 Å². The first kappa shape index (κ1) is 37.8. The summed E-state index contributed by atoms with van der Waals surface area (Å²) in [7, 11) is 0. The molecule has 1 unspecified atom stereocenters. The molecule has 0 radical (unpaired) electrons. The first-order valence-electron chi connectivity index (χ1n) is 18.8. The largest absolute Gasteiger partial charge is 0.443 e. The van der Waals surface area contributed by atoms with E-state index in [9.17, 15) is 0 Å². The van der Waals surface area contributed by atoms with Crippen LogP contribution in [0.25, 0.3) is 0 Å². The third kappa shape index (κ3) is 5.13. The van der Waals surface area contributed by atoms with E-state index in [4.69, 9.17) is 48.0 Å². The minimum Gasteiger partial charge on any atom is -0.338 e. The molecule has 2 aliphatic carbocycles. The van der Waals surface area contributed by atoms with E-state index in [-0.39, 0.29) is 23.7 Å². The summed E-state index contributed by atoms with van der Waals surface area (Å²) in [4.78, 5) is 23.4. The molecule has 8 heterocycles. The average molecular weight is 757 g/mol. The van der Waals surface area contributed by atoms with Gasteiger partial charge in [-0.1, -0.05) is 39.8 Å². The zero-order chi connectivity index (χ0) is 37.3. The van der Waals surface area contributed by atoms with Gasteiger partial charge in [-0.2, -0.15) is 26.3 Å². The highest BCUT2D eigenvalue weighted by Crippen LogP contribution is 2.66. The van der Waals surface area contributed by atoms with Crippen molar-refractivity contribution in [3.63, 3.8) is 0 Å². The highest BCUT2D eigenvalue weighted by atomic mass is 19.4. The monoisotopic (exact) mass is 756 g/mol. The SMILES string of the molecule is C[C@@H]1CC[C@H]2[C@@H](C)[C@](OC/C=C/CO[C@@]3(C(F)(F)F)O[C@@H]4O[C@]5(C)CC[C@H]6[C@H](C)CC[C@@H]([C@H]3C)[C@@]46OO5)(C(F)(F)F)O[C@@H]3O[C@]4(C)CCC1[C@]32OO4. The van der Waals surface area contributed by atoms with Crippen molar-refractivity contribution < 1.29 is 74.3 Å². The van der Waals surface area contributed by atoms with Gasteiger partial charge in [0.25, 0.3) is 11.6 Å². The molecule has 0 aromatic heterocycles. The number of hydrogen-bond donors (Lipinski definition) is 0. The van der Waals surface area contributed by atoms with E-state index >= 15 is 26.3 Å². The number of alkyl halides is 6. The zero-order valence-corrected chi connectivity index (χ0v) is 30.3. The van der Waals surface area contributed by atoms with Crippen LogP contribution in [0, 0.1) is 47.3 Å². The summed E-state index contributed by atoms with van der Waals surface area (Å²) in [6.07, 6.45) is -6.13. The fourth-order valence-corrected chi connectivity index (χ4v) is 11.5. The molecule has 296 valence electrons. The van der Waals surface area contributed by atoms with Crippen LogP contribution in [0.4, 0.5) is 26.3 Å². The maximum absolute atomic E-state index is 15.2. The van der Waals surface area contributed by atoms with Crippen LogP contribution < -0.4 is 0 Å². The van der Waals surface area contributed by atoms with E-state index in [0.717, 1.165) is 0 Å². The maximum Gasteiger partial charge on any atom is 0.443 e. The summed E-state index contributed by atoms with van der Waals surface area (Å²) in [5, 5.41) is 0. The predicted octanol–water partition coefficient (Wildman–Crippen LogP) is 7.86. The van der Waals surface area contributed by atoms with Crippen molar-refractivity contribution in [2.45, 2.75) is 152 Å². The second-order valence-corrected chi connectivity index (χ2v) is 17.1. The van der Waals surface area contributed by atoms with E-state index in [0.29, 0.717) is 51.4 Å². The molecule has 2 spiro atoms. The normalized spacial score (nSPS) is 54.4. The molecule has 0 N–H and O–H groups in total. The maximum atomic E-state index is 15.2. The Morgan fingerprint density at radius 3 is 1.29 bits per heavy atom. The van der Waals surface area contributed by atoms with Crippen molar-refractivity contribution >= 4 is 0 Å². The van der Waals surface area contributed by atoms with E-state index in [1.807, 2.05) is 0 Å². The molecular weight excluding hydrogens is 706 g/mol. The van der Waals surface area contributed by atoms with Crippen molar-refractivity contribution in [3.8, 4) is 0 Å². The Morgan fingerprint density at radius 1 is 0.538 bits per heavy atom. The molecule has 10 rings (SSSR count). The van der Waals surface area contributed by atoms with Crippen molar-refractivity contribution in [1.29, 1.82) is 0 Å². The minimum atomic E-state index is -4.99. The molecule has 10 nitrogen and oxygen atoms in total. The first-order valence-corrected chi connectivity index (χ1v) is 18.8. The van der Waals surface area contributed by atoms with Crippen molar-refractivity contribution in [1.82, 2.24) is 0 Å². The number of hydrogen-bond acceptors (Lipinski definition) is 10. The van der Waals surface area contributed by atoms with Gasteiger partial charge in [-0.05, 0) is 76.0 Å². The molecule has 2 saturated carbocycles. The smallest absolute Gasteiger partial charge is 0.338 e. The van der Waals surface area contributed by atoms with E-state index in [1.165, 1.54) is 26.0 Å².